The van der Waals surface area contributed by atoms with E-state index in [-0.39, 0.29) is 5.60 Å². The number of ether oxygens (including phenoxy) is 1. The fourth-order valence-corrected chi connectivity index (χ4v) is 4.67. The van der Waals surface area contributed by atoms with Crippen LogP contribution in [0.2, 0.25) is 12.1 Å². The molecular weight excluding hydrogens is 452 g/mol. The molecule has 0 amide bonds. The topological polar surface area (TPSA) is 9.23 Å². The molecule has 162 valence electrons. The zero-order valence-corrected chi connectivity index (χ0v) is 22.6. The minimum absolute atomic E-state index is 0.0278. The van der Waals surface area contributed by atoms with Crippen LogP contribution >= 0.6 is 22.4 Å². The van der Waals surface area contributed by atoms with E-state index >= 15 is 0 Å². The van der Waals surface area contributed by atoms with Crippen molar-refractivity contribution >= 4 is 41.1 Å². The van der Waals surface area contributed by atoms with Gasteiger partial charge >= 0.3 is 0 Å². The summed E-state index contributed by atoms with van der Waals surface area (Å²) in [4.78, 5) is 0. The molecule has 0 bridgehead atoms. The third kappa shape index (κ3) is 13.2. The molecule has 1 nitrogen and oxygen atoms in total. The summed E-state index contributed by atoms with van der Waals surface area (Å²) in [5.74, 6) is 1.61. The molecule has 1 atom stereocenters. The highest BCUT2D eigenvalue weighted by atomic mass is 127. The lowest BCUT2D eigenvalue weighted by Gasteiger charge is -2.36. The van der Waals surface area contributed by atoms with Crippen LogP contribution in [0, 0.1) is 11.3 Å². The molecule has 2 radical (unpaired) electrons. The van der Waals surface area contributed by atoms with E-state index in [0.717, 1.165) is 31.1 Å². The molecule has 0 fully saturated rings. The Balaban J connectivity index is 4.16. The summed E-state index contributed by atoms with van der Waals surface area (Å²) in [5, 5.41) is 0. The minimum Gasteiger partial charge on any atom is -0.376 e. The molecule has 0 heterocycles. The summed E-state index contributed by atoms with van der Waals surface area (Å²) in [5.41, 5.74) is 0.352. The second kappa shape index (κ2) is 15.7. The van der Waals surface area contributed by atoms with Gasteiger partial charge < -0.3 is 4.74 Å². The largest absolute Gasteiger partial charge is 0.376 e. The minimum atomic E-state index is -0.0278. The van der Waals surface area contributed by atoms with Crippen molar-refractivity contribution in [2.24, 2.45) is 11.3 Å². The average Bonchev–Trinajstić information content (AvgIpc) is 2.62. The molecular formula is C23H48B3IO. The lowest BCUT2D eigenvalue weighted by Crippen LogP contribution is -2.31. The van der Waals surface area contributed by atoms with E-state index in [1.54, 1.807) is 0 Å². The summed E-state index contributed by atoms with van der Waals surface area (Å²) in [7, 11) is 4.80. The number of halogens is 1. The van der Waals surface area contributed by atoms with Crippen LogP contribution in [0.5, 0.6) is 0 Å². The van der Waals surface area contributed by atoms with Gasteiger partial charge in [-0.2, -0.15) is 22.4 Å². The van der Waals surface area contributed by atoms with Crippen molar-refractivity contribution in [2.75, 3.05) is 6.61 Å². The fourth-order valence-electron chi connectivity index (χ4n) is 4.02. The number of hydrogen-bond acceptors (Lipinski definition) is 1. The number of unbranched alkanes of at least 4 members (excludes halogenated alkanes) is 1. The first kappa shape index (κ1) is 28.9. The lowest BCUT2D eigenvalue weighted by atomic mass is 9.16. The quantitative estimate of drug-likeness (QED) is 0.105. The van der Waals surface area contributed by atoms with Crippen LogP contribution in [-0.4, -0.2) is 30.9 Å². The Bertz CT molecular complexity index is 371. The van der Waals surface area contributed by atoms with E-state index in [1.807, 2.05) is 0 Å². The van der Waals surface area contributed by atoms with Gasteiger partial charge in [-0.15, -0.1) is 0 Å². The van der Waals surface area contributed by atoms with Crippen molar-refractivity contribution < 1.29 is 4.74 Å². The van der Waals surface area contributed by atoms with E-state index in [9.17, 15) is 0 Å². The maximum absolute atomic E-state index is 6.34. The van der Waals surface area contributed by atoms with Gasteiger partial charge in [0, 0.05) is 13.7 Å². The summed E-state index contributed by atoms with van der Waals surface area (Å²) < 4.78 is 7.00. The maximum Gasteiger partial charge on any atom is 0.170 e. The van der Waals surface area contributed by atoms with Gasteiger partial charge in [-0.05, 0) is 38.0 Å². The molecule has 0 aromatic heterocycles. The molecule has 0 aromatic rings. The standard InChI is InChI=1S/C23H48B3IO/c1-9-12-15-20(4)26(27)25-24-18-16-23(7,8)28-19-17-22(5,6)21(13-10-2)14-11-3/h20-21H,9-19H2,1-8H3. The Morgan fingerprint density at radius 2 is 1.54 bits per heavy atom. The molecule has 0 saturated carbocycles. The summed E-state index contributed by atoms with van der Waals surface area (Å²) in [6, 6.07) is 0. The smallest absolute Gasteiger partial charge is 0.170 e. The first-order valence-electron chi connectivity index (χ1n) is 12.0. The van der Waals surface area contributed by atoms with Gasteiger partial charge in [0.1, 0.15) is 0 Å². The SMILES string of the molecule is CCCCC(C)B(I)[B][B]CCC(C)(C)OCCC(C)(C)C(CCC)CCC. The van der Waals surface area contributed by atoms with Gasteiger partial charge in [-0.1, -0.05) is 98.6 Å². The molecule has 0 aliphatic carbocycles. The number of rotatable bonds is 18. The van der Waals surface area contributed by atoms with E-state index in [4.69, 9.17) is 4.74 Å². The van der Waals surface area contributed by atoms with Crippen molar-refractivity contribution in [1.29, 1.82) is 0 Å². The van der Waals surface area contributed by atoms with Gasteiger partial charge in [0.2, 0.25) is 0 Å². The molecule has 0 aliphatic rings. The highest BCUT2D eigenvalue weighted by Crippen LogP contribution is 2.37. The molecule has 5 heteroatoms. The third-order valence-electron chi connectivity index (χ3n) is 6.41. The summed E-state index contributed by atoms with van der Waals surface area (Å²) in [6.07, 6.45) is 12.7. The van der Waals surface area contributed by atoms with Gasteiger partial charge in [0.25, 0.3) is 0 Å². The molecule has 28 heavy (non-hydrogen) atoms. The molecule has 1 unspecified atom stereocenters. The Morgan fingerprint density at radius 3 is 2.07 bits per heavy atom. The van der Waals surface area contributed by atoms with Gasteiger partial charge in [-0.3, -0.25) is 0 Å². The molecule has 0 saturated heterocycles. The lowest BCUT2D eigenvalue weighted by molar-refractivity contribution is -0.0373. The van der Waals surface area contributed by atoms with Crippen LogP contribution in [-0.2, 0) is 4.74 Å². The molecule has 0 N–H and O–H groups in total. The van der Waals surface area contributed by atoms with Gasteiger partial charge in [0.15, 0.2) is 4.46 Å². The molecule has 0 spiro atoms. The summed E-state index contributed by atoms with van der Waals surface area (Å²) >= 11 is 2.60. The Morgan fingerprint density at radius 1 is 0.929 bits per heavy atom. The van der Waals surface area contributed by atoms with Crippen LogP contribution in [0.3, 0.4) is 0 Å². The van der Waals surface area contributed by atoms with Crippen molar-refractivity contribution in [3.05, 3.63) is 0 Å². The van der Waals surface area contributed by atoms with Gasteiger partial charge in [0.05, 0.1) is 12.8 Å². The fraction of sp³-hybridized carbons (Fsp3) is 1.00. The van der Waals surface area contributed by atoms with Crippen molar-refractivity contribution in [3.63, 3.8) is 0 Å². The average molecular weight is 500 g/mol. The zero-order valence-electron chi connectivity index (χ0n) is 20.5. The number of hydrogen-bond donors (Lipinski definition) is 0. The Hall–Kier alpha value is 0.885. The Labute approximate surface area is 194 Å². The van der Waals surface area contributed by atoms with Crippen molar-refractivity contribution in [3.8, 4) is 0 Å². The van der Waals surface area contributed by atoms with E-state index < -0.39 is 0 Å². The Kier molecular flexibility index (Phi) is 16.1. The monoisotopic (exact) mass is 500 g/mol. The van der Waals surface area contributed by atoms with E-state index in [1.165, 1.54) is 51.4 Å². The highest BCUT2D eigenvalue weighted by molar-refractivity contribution is 14.1. The van der Waals surface area contributed by atoms with Crippen LogP contribution in [0.4, 0.5) is 0 Å². The first-order valence-corrected chi connectivity index (χ1v) is 13.3. The normalized spacial score (nSPS) is 13.6. The predicted molar refractivity (Wildman–Crippen MR) is 141 cm³/mol. The second-order valence-corrected chi connectivity index (χ2v) is 11.6. The molecule has 0 aromatic carbocycles. The van der Waals surface area contributed by atoms with Crippen LogP contribution in [0.15, 0.2) is 0 Å². The van der Waals surface area contributed by atoms with Crippen molar-refractivity contribution in [2.45, 2.75) is 131 Å². The van der Waals surface area contributed by atoms with Gasteiger partial charge in [-0.25, -0.2) is 0 Å². The summed E-state index contributed by atoms with van der Waals surface area (Å²) in [6.45, 7) is 19.6. The van der Waals surface area contributed by atoms with E-state index in [0.29, 0.717) is 9.87 Å². The highest BCUT2D eigenvalue weighted by Gasteiger charge is 2.29. The van der Waals surface area contributed by atoms with Crippen LogP contribution < -0.4 is 0 Å². The van der Waals surface area contributed by atoms with Crippen LogP contribution in [0.1, 0.15) is 113 Å². The first-order chi connectivity index (χ1) is 13.1. The van der Waals surface area contributed by atoms with Crippen molar-refractivity contribution in [1.82, 2.24) is 0 Å². The third-order valence-corrected chi connectivity index (χ3v) is 8.05. The molecule has 0 aliphatic heterocycles. The van der Waals surface area contributed by atoms with E-state index in [2.05, 4.69) is 92.0 Å². The van der Waals surface area contributed by atoms with Crippen LogP contribution in [0.25, 0.3) is 0 Å². The molecule has 0 rings (SSSR count). The maximum atomic E-state index is 6.34. The second-order valence-electron chi connectivity index (χ2n) is 10.2. The predicted octanol–water partition coefficient (Wildman–Crippen LogP) is 8.05. The zero-order chi connectivity index (χ0) is 21.6.